The van der Waals surface area contributed by atoms with Crippen LogP contribution < -0.4 is 5.32 Å². The highest BCUT2D eigenvalue weighted by Gasteiger charge is 2.53. The molecule has 0 aromatic heterocycles. The molecule has 3 rings (SSSR count). The Hall–Kier alpha value is -3.29. The Kier molecular flexibility index (Phi) is 42.6. The molecule has 12 N–H and O–H groups in total. The van der Waals surface area contributed by atoms with Crippen LogP contribution in [-0.2, 0) is 33.2 Å². The van der Waals surface area contributed by atoms with Crippen molar-refractivity contribution in [2.24, 2.45) is 0 Å². The van der Waals surface area contributed by atoms with Crippen LogP contribution in [-0.4, -0.2) is 193 Å². The van der Waals surface area contributed by atoms with E-state index < -0.39 is 131 Å². The molecule has 488 valence electrons. The zero-order valence-electron chi connectivity index (χ0n) is 51.0. The van der Waals surface area contributed by atoms with Crippen molar-refractivity contribution in [3.63, 3.8) is 0 Å². The van der Waals surface area contributed by atoms with Crippen LogP contribution in [0.1, 0.15) is 181 Å². The van der Waals surface area contributed by atoms with Crippen LogP contribution in [0.4, 0.5) is 0 Å². The number of carbonyl (C=O) groups is 1. The van der Waals surface area contributed by atoms with Crippen molar-refractivity contribution >= 4 is 5.91 Å². The Morgan fingerprint density at radius 1 is 0.435 bits per heavy atom. The second-order valence-corrected chi connectivity index (χ2v) is 22.5. The number of aliphatic hydroxyl groups excluding tert-OH is 11. The lowest BCUT2D eigenvalue weighted by molar-refractivity contribution is -0.379. The van der Waals surface area contributed by atoms with Crippen LogP contribution in [0.2, 0.25) is 0 Å². The van der Waals surface area contributed by atoms with Gasteiger partial charge in [-0.1, -0.05) is 201 Å². The summed E-state index contributed by atoms with van der Waals surface area (Å²) in [7, 11) is 0. The number of ether oxygens (including phenoxy) is 6. The highest BCUT2D eigenvalue weighted by molar-refractivity contribution is 5.76. The van der Waals surface area contributed by atoms with E-state index in [-0.39, 0.29) is 12.3 Å². The molecule has 0 aromatic rings. The summed E-state index contributed by atoms with van der Waals surface area (Å²) in [5, 5.41) is 120. The van der Waals surface area contributed by atoms with Crippen LogP contribution in [0.5, 0.6) is 0 Å². The Labute approximate surface area is 507 Å². The minimum atomic E-state index is -1.99. The monoisotopic (exact) mass is 1210 g/mol. The maximum absolute atomic E-state index is 13.3. The third kappa shape index (κ3) is 30.7. The van der Waals surface area contributed by atoms with Gasteiger partial charge in [-0.05, 0) is 70.6 Å². The Morgan fingerprint density at radius 3 is 1.31 bits per heavy atom. The number of carbonyl (C=O) groups excluding carboxylic acids is 1. The third-order valence-electron chi connectivity index (χ3n) is 15.4. The number of hydrogen-bond acceptors (Lipinski definition) is 18. The highest BCUT2D eigenvalue weighted by atomic mass is 16.8. The van der Waals surface area contributed by atoms with Crippen LogP contribution in [0.15, 0.2) is 97.2 Å². The van der Waals surface area contributed by atoms with Crippen LogP contribution in [0.3, 0.4) is 0 Å². The van der Waals surface area contributed by atoms with E-state index in [4.69, 9.17) is 28.4 Å². The lowest BCUT2D eigenvalue weighted by atomic mass is 9.96. The second kappa shape index (κ2) is 47.7. The molecule has 0 aromatic carbocycles. The fourth-order valence-corrected chi connectivity index (χ4v) is 10.2. The molecule has 19 heteroatoms. The molecule has 17 unspecified atom stereocenters. The number of amides is 1. The van der Waals surface area contributed by atoms with Gasteiger partial charge in [-0.2, -0.15) is 0 Å². The maximum Gasteiger partial charge on any atom is 0.220 e. The summed E-state index contributed by atoms with van der Waals surface area (Å²) in [6.45, 7) is 1.53. The van der Waals surface area contributed by atoms with Gasteiger partial charge in [-0.15, -0.1) is 0 Å². The van der Waals surface area contributed by atoms with Gasteiger partial charge in [0.15, 0.2) is 18.9 Å². The molecule has 19 nitrogen and oxygen atoms in total. The standard InChI is InChI=1S/C66H111NO18/c1-3-5-7-9-11-13-15-17-19-21-23-24-26-27-29-31-33-35-37-39-41-43-50(71)49(67-54(72)44-42-40-38-36-34-32-30-28-25-22-20-18-16-14-12-10-8-6-4-2)48-80-64-60(78)57(75)62(52(46-69)82-64)85-66-61(79)58(76)63(53(47-70)83-66)84-65-59(77)56(74)55(73)51(45-68)81-65/h6,8,12,14,18,20,25,28,32-35,38,40-41,43,49-53,55-66,68-71,73-79H,3-5,7,9-11,13,15-17,19,21-24,26-27,29-31,36-37,39,42,44-48H2,1-2H3,(H,67,72)/b8-6-,14-12-,20-18-,28-25-,34-32-,35-33+,40-38-,43-41+. The summed E-state index contributed by atoms with van der Waals surface area (Å²) in [5.41, 5.74) is 0. The van der Waals surface area contributed by atoms with Crippen molar-refractivity contribution in [3.05, 3.63) is 97.2 Å². The Bertz CT molecular complexity index is 1920. The van der Waals surface area contributed by atoms with Crippen LogP contribution >= 0.6 is 0 Å². The van der Waals surface area contributed by atoms with Crippen molar-refractivity contribution in [2.75, 3.05) is 26.4 Å². The second-order valence-electron chi connectivity index (χ2n) is 22.5. The van der Waals surface area contributed by atoms with Crippen molar-refractivity contribution in [3.8, 4) is 0 Å². The van der Waals surface area contributed by atoms with E-state index >= 15 is 0 Å². The molecule has 0 spiro atoms. The fourth-order valence-electron chi connectivity index (χ4n) is 10.2. The van der Waals surface area contributed by atoms with E-state index in [0.29, 0.717) is 19.3 Å². The van der Waals surface area contributed by atoms with Gasteiger partial charge in [0, 0.05) is 6.42 Å². The predicted octanol–water partition coefficient (Wildman–Crippen LogP) is 6.93. The summed E-state index contributed by atoms with van der Waals surface area (Å²) in [6.07, 6.45) is 34.0. The Morgan fingerprint density at radius 2 is 0.824 bits per heavy atom. The normalized spacial score (nSPS) is 29.6. The molecule has 85 heavy (non-hydrogen) atoms. The molecular weight excluding hydrogens is 1090 g/mol. The molecule has 1 amide bonds. The molecule has 3 saturated heterocycles. The molecule has 0 radical (unpaired) electrons. The molecule has 0 bridgehead atoms. The zero-order valence-corrected chi connectivity index (χ0v) is 51.0. The number of hydrogen-bond donors (Lipinski definition) is 12. The largest absolute Gasteiger partial charge is 0.394 e. The van der Waals surface area contributed by atoms with Crippen molar-refractivity contribution in [1.82, 2.24) is 5.32 Å². The zero-order chi connectivity index (χ0) is 61.9. The van der Waals surface area contributed by atoms with E-state index in [0.717, 1.165) is 51.4 Å². The predicted molar refractivity (Wildman–Crippen MR) is 327 cm³/mol. The van der Waals surface area contributed by atoms with E-state index in [1.807, 2.05) is 18.2 Å². The number of nitrogens with one attached hydrogen (secondary N) is 1. The first-order chi connectivity index (χ1) is 41.3. The fraction of sp³-hybridized carbons (Fsp3) is 0.742. The topological polar surface area (TPSA) is 307 Å². The van der Waals surface area contributed by atoms with Gasteiger partial charge in [0.25, 0.3) is 0 Å². The summed E-state index contributed by atoms with van der Waals surface area (Å²) < 4.78 is 34.2. The highest BCUT2D eigenvalue weighted by Crippen LogP contribution is 2.33. The molecular formula is C66H111NO18. The van der Waals surface area contributed by atoms with Crippen LogP contribution in [0.25, 0.3) is 0 Å². The van der Waals surface area contributed by atoms with Gasteiger partial charge >= 0.3 is 0 Å². The van der Waals surface area contributed by atoms with Gasteiger partial charge in [0.1, 0.15) is 73.2 Å². The van der Waals surface area contributed by atoms with E-state index in [9.17, 15) is 61.0 Å². The molecule has 3 fully saturated rings. The number of rotatable bonds is 46. The van der Waals surface area contributed by atoms with Crippen molar-refractivity contribution in [1.29, 1.82) is 0 Å². The summed E-state index contributed by atoms with van der Waals surface area (Å²) in [6, 6.07) is -1.04. The molecule has 3 heterocycles. The summed E-state index contributed by atoms with van der Waals surface area (Å²) in [5.74, 6) is -0.371. The molecule has 3 aliphatic rings. The first-order valence-electron chi connectivity index (χ1n) is 32.0. The van der Waals surface area contributed by atoms with Crippen molar-refractivity contribution < 1.29 is 89.4 Å². The van der Waals surface area contributed by atoms with Crippen molar-refractivity contribution in [2.45, 2.75) is 285 Å². The SMILES string of the molecule is CC/C=C\C/C=C\C/C=C\C/C=C\C/C=C\C/C=C\CCC(=O)NC(COC1OC(CO)C(OC2OC(CO)C(OC3OC(CO)C(O)C(O)C3O)C(O)C2O)C(O)C1O)C(O)/C=C/CC/C=C/CCCCCCCCCCCCCCCCC. The minimum absolute atomic E-state index is 0.105. The van der Waals surface area contributed by atoms with Gasteiger partial charge < -0.3 is 89.9 Å². The van der Waals surface area contributed by atoms with Gasteiger partial charge in [-0.25, -0.2) is 0 Å². The van der Waals surface area contributed by atoms with Crippen LogP contribution in [0, 0.1) is 0 Å². The quantitative estimate of drug-likeness (QED) is 0.0217. The average Bonchev–Trinajstić information content (AvgIpc) is 3.10. The Balaban J connectivity index is 1.52. The van der Waals surface area contributed by atoms with Gasteiger partial charge in [-0.3, -0.25) is 4.79 Å². The number of aliphatic hydroxyl groups is 11. The number of unbranched alkanes of at least 4 members (excludes halogenated alkanes) is 16. The summed E-state index contributed by atoms with van der Waals surface area (Å²) >= 11 is 0. The van der Waals surface area contributed by atoms with E-state index in [1.54, 1.807) is 6.08 Å². The average molecular weight is 1210 g/mol. The smallest absolute Gasteiger partial charge is 0.220 e. The first kappa shape index (κ1) is 76.0. The minimum Gasteiger partial charge on any atom is -0.394 e. The van der Waals surface area contributed by atoms with Gasteiger partial charge in [0.05, 0.1) is 38.6 Å². The van der Waals surface area contributed by atoms with Gasteiger partial charge in [0.2, 0.25) is 5.91 Å². The first-order valence-corrected chi connectivity index (χ1v) is 32.0. The molecule has 3 aliphatic heterocycles. The van der Waals surface area contributed by atoms with E-state index in [2.05, 4.69) is 92.1 Å². The summed E-state index contributed by atoms with van der Waals surface area (Å²) in [4.78, 5) is 13.3. The maximum atomic E-state index is 13.3. The lowest BCUT2D eigenvalue weighted by Crippen LogP contribution is -2.66. The molecule has 0 aliphatic carbocycles. The molecule has 17 atom stereocenters. The molecule has 0 saturated carbocycles. The lowest BCUT2D eigenvalue weighted by Gasteiger charge is -2.48. The third-order valence-corrected chi connectivity index (χ3v) is 15.4. The van der Waals surface area contributed by atoms with E-state index in [1.165, 1.54) is 89.9 Å². The number of allylic oxidation sites excluding steroid dienone is 15.